The lowest BCUT2D eigenvalue weighted by Gasteiger charge is -2.25. The van der Waals surface area contributed by atoms with Crippen LogP contribution in [-0.4, -0.2) is 24.1 Å². The number of anilines is 2. The summed E-state index contributed by atoms with van der Waals surface area (Å²) in [5, 5.41) is 4.75. The van der Waals surface area contributed by atoms with Crippen molar-refractivity contribution in [3.05, 3.63) is 285 Å². The van der Waals surface area contributed by atoms with Crippen molar-refractivity contribution in [1.29, 1.82) is 0 Å². The van der Waals surface area contributed by atoms with Crippen LogP contribution in [0.3, 0.4) is 0 Å². The third-order valence-electron chi connectivity index (χ3n) is 14.7. The first-order valence-electron chi connectivity index (χ1n) is 25.7. The SMILES string of the molecule is C=C1/C=C\C=CN(c2cccc(-c3cccc(P(=O)(c4cccc(-c5cccc(-n6c7ccccc7c7ccccc76)c5)n4)c4cccc(-c5cccc(-n6c7ccccc7c7ccccc76)c5)n4)n3)c2)c2ccccc21. The van der Waals surface area contributed by atoms with E-state index in [2.05, 4.69) is 197 Å². The Labute approximate surface area is 445 Å². The third-order valence-corrected chi connectivity index (χ3v) is 17.4. The molecule has 0 atom stereocenters. The van der Waals surface area contributed by atoms with E-state index < -0.39 is 7.14 Å². The van der Waals surface area contributed by atoms with Gasteiger partial charge < -0.3 is 18.6 Å². The molecule has 8 aromatic carbocycles. The largest absolute Gasteiger partial charge is 0.317 e. The average Bonchev–Trinajstić information content (AvgIpc) is 4.02. The summed E-state index contributed by atoms with van der Waals surface area (Å²) >= 11 is 0. The fourth-order valence-electron chi connectivity index (χ4n) is 11.1. The molecular formula is C69H47N6OP. The van der Waals surface area contributed by atoms with Crippen molar-refractivity contribution in [3.8, 4) is 45.1 Å². The van der Waals surface area contributed by atoms with Gasteiger partial charge in [0.2, 0.25) is 7.14 Å². The Hall–Kier alpha value is -9.94. The van der Waals surface area contributed by atoms with Crippen LogP contribution >= 0.6 is 7.14 Å². The van der Waals surface area contributed by atoms with Gasteiger partial charge in [0.25, 0.3) is 0 Å². The second-order valence-corrected chi connectivity index (χ2v) is 21.8. The number of para-hydroxylation sites is 5. The maximum absolute atomic E-state index is 17.0. The number of benzene rings is 8. The number of pyridine rings is 3. The third kappa shape index (κ3) is 7.83. The van der Waals surface area contributed by atoms with Gasteiger partial charge in [0.05, 0.1) is 44.8 Å². The van der Waals surface area contributed by atoms with Crippen LogP contribution in [0.4, 0.5) is 11.4 Å². The molecule has 0 fully saturated rings. The van der Waals surface area contributed by atoms with Crippen LogP contribution in [0.1, 0.15) is 5.56 Å². The number of allylic oxidation sites excluding steroid dienone is 4. The predicted octanol–water partition coefficient (Wildman–Crippen LogP) is 15.9. The Morgan fingerprint density at radius 2 is 0.740 bits per heavy atom. The minimum Gasteiger partial charge on any atom is -0.317 e. The Balaban J connectivity index is 0.910. The summed E-state index contributed by atoms with van der Waals surface area (Å²) < 4.78 is 21.6. The van der Waals surface area contributed by atoms with Gasteiger partial charge in [-0.3, -0.25) is 0 Å². The summed E-state index contributed by atoms with van der Waals surface area (Å²) in [4.78, 5) is 18.2. The predicted molar refractivity (Wildman–Crippen MR) is 320 cm³/mol. The quantitative estimate of drug-likeness (QED) is 0.135. The molecule has 7 nitrogen and oxygen atoms in total. The van der Waals surface area contributed by atoms with Gasteiger partial charge in [0, 0.05) is 67.1 Å². The minimum atomic E-state index is -3.95. The Bertz CT molecular complexity index is 4310. The number of fused-ring (bicyclic) bond motifs is 7. The summed E-state index contributed by atoms with van der Waals surface area (Å²) in [5.74, 6) is 0. The molecule has 0 N–H and O–H groups in total. The number of nitrogens with zero attached hydrogens (tertiary/aromatic N) is 6. The van der Waals surface area contributed by atoms with Gasteiger partial charge in [-0.1, -0.05) is 164 Å². The van der Waals surface area contributed by atoms with Crippen molar-refractivity contribution in [1.82, 2.24) is 24.1 Å². The highest BCUT2D eigenvalue weighted by Crippen LogP contribution is 2.43. The molecule has 364 valence electrons. The van der Waals surface area contributed by atoms with Crippen LogP contribution in [0.5, 0.6) is 0 Å². The smallest absolute Gasteiger partial charge is 0.223 e. The molecule has 0 bridgehead atoms. The van der Waals surface area contributed by atoms with Crippen LogP contribution < -0.4 is 21.2 Å². The lowest BCUT2D eigenvalue weighted by molar-refractivity contribution is 0.591. The molecule has 5 aromatic heterocycles. The molecule has 0 saturated carbocycles. The fraction of sp³-hybridized carbons (Fsp3) is 0. The lowest BCUT2D eigenvalue weighted by Crippen LogP contribution is -2.31. The van der Waals surface area contributed by atoms with Crippen molar-refractivity contribution >= 4 is 84.0 Å². The molecule has 1 aliphatic rings. The zero-order valence-corrected chi connectivity index (χ0v) is 42.6. The molecule has 0 spiro atoms. The molecule has 0 radical (unpaired) electrons. The van der Waals surface area contributed by atoms with Gasteiger partial charge in [0.1, 0.15) is 16.3 Å². The first kappa shape index (κ1) is 45.7. The number of aromatic nitrogens is 5. The molecule has 1 aliphatic heterocycles. The van der Waals surface area contributed by atoms with E-state index in [1.807, 2.05) is 97.1 Å². The van der Waals surface area contributed by atoms with Gasteiger partial charge in [-0.15, -0.1) is 0 Å². The van der Waals surface area contributed by atoms with Crippen molar-refractivity contribution in [2.45, 2.75) is 0 Å². The van der Waals surface area contributed by atoms with Crippen LogP contribution in [0, 0.1) is 0 Å². The Morgan fingerprint density at radius 3 is 1.19 bits per heavy atom. The van der Waals surface area contributed by atoms with Crippen molar-refractivity contribution in [2.24, 2.45) is 0 Å². The van der Waals surface area contributed by atoms with E-state index in [0.717, 1.165) is 72.6 Å². The molecule has 6 heterocycles. The van der Waals surface area contributed by atoms with Crippen LogP contribution in [0.2, 0.25) is 0 Å². The van der Waals surface area contributed by atoms with E-state index in [9.17, 15) is 0 Å². The van der Waals surface area contributed by atoms with E-state index in [1.165, 1.54) is 21.5 Å². The number of rotatable bonds is 9. The second kappa shape index (κ2) is 18.8. The minimum absolute atomic E-state index is 0.380. The van der Waals surface area contributed by atoms with E-state index in [0.29, 0.717) is 33.4 Å². The normalized spacial score (nSPS) is 13.0. The van der Waals surface area contributed by atoms with Gasteiger partial charge in [-0.05, 0) is 115 Å². The molecule has 0 aliphatic carbocycles. The lowest BCUT2D eigenvalue weighted by atomic mass is 10.0. The first-order chi connectivity index (χ1) is 38.0. The van der Waals surface area contributed by atoms with E-state index in [1.54, 1.807) is 0 Å². The zero-order chi connectivity index (χ0) is 51.5. The van der Waals surface area contributed by atoms with E-state index in [4.69, 9.17) is 15.0 Å². The Kier molecular flexibility index (Phi) is 11.1. The summed E-state index contributed by atoms with van der Waals surface area (Å²) in [5.41, 5.74) is 16.2. The van der Waals surface area contributed by atoms with Crippen molar-refractivity contribution in [2.75, 3.05) is 4.90 Å². The molecule has 0 saturated heterocycles. The highest BCUT2D eigenvalue weighted by molar-refractivity contribution is 7.84. The fourth-order valence-corrected chi connectivity index (χ4v) is 13.5. The second-order valence-electron chi connectivity index (χ2n) is 19.3. The maximum atomic E-state index is 17.0. The molecule has 8 heteroatoms. The molecular weight excluding hydrogens is 960 g/mol. The molecule has 77 heavy (non-hydrogen) atoms. The summed E-state index contributed by atoms with van der Waals surface area (Å²) in [6, 6.07) is 84.8. The maximum Gasteiger partial charge on any atom is 0.223 e. The molecule has 0 amide bonds. The summed E-state index contributed by atoms with van der Waals surface area (Å²) in [6.07, 6.45) is 8.12. The van der Waals surface area contributed by atoms with Crippen molar-refractivity contribution < 1.29 is 4.57 Å². The van der Waals surface area contributed by atoms with Crippen LogP contribution in [0.15, 0.2) is 280 Å². The average molecular weight is 1010 g/mol. The number of hydrogen-bond donors (Lipinski definition) is 0. The van der Waals surface area contributed by atoms with Gasteiger partial charge in [-0.2, -0.15) is 0 Å². The summed E-state index contributed by atoms with van der Waals surface area (Å²) in [7, 11) is -3.95. The molecule has 0 unspecified atom stereocenters. The summed E-state index contributed by atoms with van der Waals surface area (Å²) in [6.45, 7) is 4.35. The van der Waals surface area contributed by atoms with Gasteiger partial charge >= 0.3 is 0 Å². The van der Waals surface area contributed by atoms with Crippen molar-refractivity contribution in [3.63, 3.8) is 0 Å². The molecule has 13 aromatic rings. The van der Waals surface area contributed by atoms with E-state index in [-0.39, 0.29) is 0 Å². The first-order valence-corrected chi connectivity index (χ1v) is 27.4. The Morgan fingerprint density at radius 1 is 0.364 bits per heavy atom. The van der Waals surface area contributed by atoms with Crippen LogP contribution in [0.25, 0.3) is 94.3 Å². The van der Waals surface area contributed by atoms with Gasteiger partial charge in [0.15, 0.2) is 0 Å². The standard InChI is InChI=1S/C69H47N6OP/c1-47-20-12-13-43-73(62-35-7-2-27-54(47)62)51-24-14-21-48(44-51)59-32-17-40-67(70-59)77(76,68-41-18-33-60(71-68)49-22-15-25-52(45-49)74-63-36-8-3-28-55(63)56-29-4-9-37-64(56)74)69-42-19-34-61(72-69)50-23-16-26-53(46-50)75-65-38-10-5-30-57(65)58-31-6-11-39-66(58)75/h2-46H,1H2/b20-12-,43-13?. The molecule has 14 rings (SSSR count). The van der Waals surface area contributed by atoms with E-state index >= 15 is 4.57 Å². The highest BCUT2D eigenvalue weighted by atomic mass is 31.2. The highest BCUT2D eigenvalue weighted by Gasteiger charge is 2.36. The van der Waals surface area contributed by atoms with Crippen LogP contribution in [-0.2, 0) is 4.57 Å². The number of hydrogen-bond acceptors (Lipinski definition) is 5. The monoisotopic (exact) mass is 1010 g/mol. The topological polar surface area (TPSA) is 68.8 Å². The zero-order valence-electron chi connectivity index (χ0n) is 41.7. The van der Waals surface area contributed by atoms with Gasteiger partial charge in [-0.25, -0.2) is 15.0 Å².